The first-order chi connectivity index (χ1) is 16.8. The summed E-state index contributed by atoms with van der Waals surface area (Å²) in [6.07, 6.45) is 3.08. The first-order valence-corrected chi connectivity index (χ1v) is 11.3. The molecule has 1 atom stereocenters. The van der Waals surface area contributed by atoms with Crippen LogP contribution in [0.4, 0.5) is 5.95 Å². The van der Waals surface area contributed by atoms with Gasteiger partial charge in [0.25, 0.3) is 5.78 Å². The summed E-state index contributed by atoms with van der Waals surface area (Å²) >= 11 is 12.5. The number of nitrogens with zero attached hydrogens (tertiary/aromatic N) is 3. The highest BCUT2D eigenvalue weighted by atomic mass is 35.5. The Labute approximate surface area is 209 Å². The third-order valence-corrected chi connectivity index (χ3v) is 6.36. The molecule has 10 heteroatoms. The Morgan fingerprint density at radius 1 is 1.09 bits per heavy atom. The first-order valence-electron chi connectivity index (χ1n) is 10.5. The van der Waals surface area contributed by atoms with Gasteiger partial charge in [0.2, 0.25) is 5.95 Å². The maximum atomic E-state index is 13.3. The number of aromatic amines is 1. The van der Waals surface area contributed by atoms with Crippen LogP contribution in [-0.2, 0) is 9.59 Å². The third-order valence-electron chi connectivity index (χ3n) is 5.80. The number of imidazole rings is 1. The molecule has 1 unspecified atom stereocenters. The molecule has 0 spiro atoms. The standard InChI is InChI=1S/C25H18Cl2N4O4/c1-12-3-4-17-18(9-12)30-25(29-17)31-20(13-5-7-28-8-6-13)19(22(33)24(31)34)21(32)14-10-15(26)23(35-2)16(27)11-14/h3-11,20,32H,1-2H3,(H,29,30)/b21-19+. The van der Waals surface area contributed by atoms with Gasteiger partial charge in [0, 0.05) is 18.0 Å². The van der Waals surface area contributed by atoms with E-state index in [4.69, 9.17) is 27.9 Å². The Bertz CT molecular complexity index is 1510. The molecular formula is C25H18Cl2N4O4. The van der Waals surface area contributed by atoms with Gasteiger partial charge in [-0.25, -0.2) is 4.98 Å². The summed E-state index contributed by atoms with van der Waals surface area (Å²) in [5.74, 6) is -1.72. The van der Waals surface area contributed by atoms with Crippen molar-refractivity contribution >= 4 is 57.6 Å². The summed E-state index contributed by atoms with van der Waals surface area (Å²) in [7, 11) is 1.41. The largest absolute Gasteiger partial charge is 0.507 e. The maximum Gasteiger partial charge on any atom is 0.302 e. The molecule has 1 amide bonds. The fourth-order valence-electron chi connectivity index (χ4n) is 4.18. The normalized spacial score (nSPS) is 17.4. The molecule has 1 fully saturated rings. The van der Waals surface area contributed by atoms with E-state index >= 15 is 0 Å². The Kier molecular flexibility index (Phi) is 5.70. The number of hydrogen-bond acceptors (Lipinski definition) is 6. The molecule has 35 heavy (non-hydrogen) atoms. The number of Topliss-reactive ketones (excluding diaryl/α,β-unsaturated/α-hetero) is 1. The number of ketones is 1. The lowest BCUT2D eigenvalue weighted by Crippen LogP contribution is -2.30. The molecule has 1 aliphatic rings. The Morgan fingerprint density at radius 2 is 1.77 bits per heavy atom. The molecule has 0 bridgehead atoms. The topological polar surface area (TPSA) is 108 Å². The number of carbonyl (C=O) groups excluding carboxylic acids is 2. The maximum absolute atomic E-state index is 13.3. The van der Waals surface area contributed by atoms with E-state index in [9.17, 15) is 14.7 Å². The molecule has 3 heterocycles. The molecule has 0 saturated carbocycles. The van der Waals surface area contributed by atoms with Gasteiger partial charge in [-0.15, -0.1) is 0 Å². The molecule has 0 radical (unpaired) electrons. The number of rotatable bonds is 4. The number of H-pyrrole nitrogens is 1. The van der Waals surface area contributed by atoms with Crippen molar-refractivity contribution in [3.8, 4) is 5.75 Å². The smallest absolute Gasteiger partial charge is 0.302 e. The van der Waals surface area contributed by atoms with Gasteiger partial charge in [0.05, 0.1) is 39.8 Å². The van der Waals surface area contributed by atoms with Gasteiger partial charge in [0.15, 0.2) is 5.75 Å². The lowest BCUT2D eigenvalue weighted by molar-refractivity contribution is -0.132. The van der Waals surface area contributed by atoms with E-state index in [2.05, 4.69) is 15.0 Å². The second-order valence-corrected chi connectivity index (χ2v) is 8.82. The molecule has 8 nitrogen and oxygen atoms in total. The molecule has 0 aliphatic carbocycles. The molecule has 5 rings (SSSR count). The molecule has 2 N–H and O–H groups in total. The Hall–Kier alpha value is -3.88. The highest BCUT2D eigenvalue weighted by Gasteiger charge is 2.48. The van der Waals surface area contributed by atoms with Gasteiger partial charge in [-0.05, 0) is 54.4 Å². The van der Waals surface area contributed by atoms with E-state index in [0.717, 1.165) is 5.56 Å². The van der Waals surface area contributed by atoms with E-state index < -0.39 is 23.5 Å². The van der Waals surface area contributed by atoms with Crippen LogP contribution in [0, 0.1) is 6.92 Å². The van der Waals surface area contributed by atoms with Crippen LogP contribution in [0.15, 0.2) is 60.4 Å². The minimum atomic E-state index is -0.973. The number of halogens is 2. The summed E-state index contributed by atoms with van der Waals surface area (Å²) in [6.45, 7) is 1.94. The number of benzene rings is 2. The number of carbonyl (C=O) groups is 2. The highest BCUT2D eigenvalue weighted by molar-refractivity contribution is 6.51. The van der Waals surface area contributed by atoms with E-state index in [-0.39, 0.29) is 32.9 Å². The third kappa shape index (κ3) is 3.80. The average molecular weight is 509 g/mol. The number of fused-ring (bicyclic) bond motifs is 1. The number of aryl methyl sites for hydroxylation is 1. The lowest BCUT2D eigenvalue weighted by atomic mass is 9.96. The molecule has 2 aromatic carbocycles. The number of aromatic nitrogens is 3. The average Bonchev–Trinajstić information content (AvgIpc) is 3.36. The number of methoxy groups -OCH3 is 1. The zero-order valence-corrected chi connectivity index (χ0v) is 20.1. The highest BCUT2D eigenvalue weighted by Crippen LogP contribution is 2.43. The van der Waals surface area contributed by atoms with Crippen molar-refractivity contribution in [2.75, 3.05) is 12.0 Å². The van der Waals surface area contributed by atoms with Crippen molar-refractivity contribution in [2.45, 2.75) is 13.0 Å². The van der Waals surface area contributed by atoms with Gasteiger partial charge in [-0.3, -0.25) is 19.5 Å². The minimum absolute atomic E-state index is 0.130. The van der Waals surface area contributed by atoms with E-state index in [0.29, 0.717) is 16.6 Å². The predicted octanol–water partition coefficient (Wildman–Crippen LogP) is 5.21. The number of aliphatic hydroxyl groups excluding tert-OH is 1. The number of ether oxygens (including phenoxy) is 1. The van der Waals surface area contributed by atoms with Crippen LogP contribution >= 0.6 is 23.2 Å². The zero-order chi connectivity index (χ0) is 24.9. The fourth-order valence-corrected chi connectivity index (χ4v) is 4.82. The van der Waals surface area contributed by atoms with Crippen molar-refractivity contribution in [2.24, 2.45) is 0 Å². The predicted molar refractivity (Wildman–Crippen MR) is 133 cm³/mol. The van der Waals surface area contributed by atoms with Gasteiger partial charge < -0.3 is 14.8 Å². The molecule has 1 aliphatic heterocycles. The quantitative estimate of drug-likeness (QED) is 0.222. The number of hydrogen-bond donors (Lipinski definition) is 2. The van der Waals surface area contributed by atoms with Crippen molar-refractivity contribution < 1.29 is 19.4 Å². The summed E-state index contributed by atoms with van der Waals surface area (Å²) in [6, 6.07) is 10.8. The summed E-state index contributed by atoms with van der Waals surface area (Å²) in [4.78, 5) is 39.5. The Morgan fingerprint density at radius 3 is 2.43 bits per heavy atom. The zero-order valence-electron chi connectivity index (χ0n) is 18.5. The summed E-state index contributed by atoms with van der Waals surface area (Å²) in [5.41, 5.74) is 2.95. The molecule has 4 aromatic rings. The van der Waals surface area contributed by atoms with E-state index in [1.165, 1.54) is 24.1 Å². The second kappa shape index (κ2) is 8.72. The summed E-state index contributed by atoms with van der Waals surface area (Å²) < 4.78 is 5.17. The van der Waals surface area contributed by atoms with Gasteiger partial charge >= 0.3 is 5.91 Å². The van der Waals surface area contributed by atoms with Crippen LogP contribution in [0.5, 0.6) is 5.75 Å². The van der Waals surface area contributed by atoms with Crippen LogP contribution in [0.2, 0.25) is 10.0 Å². The first kappa shape index (κ1) is 22.9. The van der Waals surface area contributed by atoms with Gasteiger partial charge in [-0.1, -0.05) is 29.3 Å². The van der Waals surface area contributed by atoms with Crippen molar-refractivity contribution in [3.63, 3.8) is 0 Å². The van der Waals surface area contributed by atoms with Crippen molar-refractivity contribution in [1.29, 1.82) is 0 Å². The fraction of sp³-hybridized carbons (Fsp3) is 0.120. The van der Waals surface area contributed by atoms with Gasteiger partial charge in [0.1, 0.15) is 5.76 Å². The molecular weight excluding hydrogens is 491 g/mol. The van der Waals surface area contributed by atoms with E-state index in [1.54, 1.807) is 24.5 Å². The van der Waals surface area contributed by atoms with Crippen molar-refractivity contribution in [1.82, 2.24) is 15.0 Å². The summed E-state index contributed by atoms with van der Waals surface area (Å²) in [5, 5.41) is 11.6. The van der Waals surface area contributed by atoms with Crippen LogP contribution in [0.3, 0.4) is 0 Å². The van der Waals surface area contributed by atoms with Crippen molar-refractivity contribution in [3.05, 3.63) is 87.2 Å². The Balaban J connectivity index is 1.73. The number of nitrogens with one attached hydrogen (secondary N) is 1. The lowest BCUT2D eigenvalue weighted by Gasteiger charge is -2.23. The number of pyridine rings is 1. The molecule has 1 saturated heterocycles. The van der Waals surface area contributed by atoms with E-state index in [1.807, 2.05) is 25.1 Å². The van der Waals surface area contributed by atoms with Crippen LogP contribution in [0.25, 0.3) is 16.8 Å². The number of aliphatic hydroxyl groups is 1. The monoisotopic (exact) mass is 508 g/mol. The minimum Gasteiger partial charge on any atom is -0.507 e. The van der Waals surface area contributed by atoms with Crippen LogP contribution < -0.4 is 9.64 Å². The van der Waals surface area contributed by atoms with Gasteiger partial charge in [-0.2, -0.15) is 0 Å². The van der Waals surface area contributed by atoms with Crippen LogP contribution in [0.1, 0.15) is 22.7 Å². The number of amides is 1. The molecule has 176 valence electrons. The molecule has 2 aromatic heterocycles. The SMILES string of the molecule is COc1c(Cl)cc(/C(O)=C2\C(=O)C(=O)N(c3nc4ccc(C)cc4[nH]3)C2c2ccncc2)cc1Cl. The second-order valence-electron chi connectivity index (χ2n) is 8.00. The number of anilines is 1. The van der Waals surface area contributed by atoms with Crippen LogP contribution in [-0.4, -0.2) is 38.9 Å².